The number of aromatic nitrogens is 1. The molecule has 0 aliphatic carbocycles. The van der Waals surface area contributed by atoms with Crippen LogP contribution in [0.25, 0.3) is 0 Å². The molecule has 2 rings (SSSR count). The molecule has 23 heavy (non-hydrogen) atoms. The summed E-state index contributed by atoms with van der Waals surface area (Å²) in [6, 6.07) is 10.5. The summed E-state index contributed by atoms with van der Waals surface area (Å²) >= 11 is 0. The molecule has 1 heterocycles. The number of nitrogens with zero attached hydrogens (tertiary/aromatic N) is 2. The fourth-order valence-electron chi connectivity index (χ4n) is 2.03. The van der Waals surface area contributed by atoms with Gasteiger partial charge in [-0.15, -0.1) is 0 Å². The largest absolute Gasteiger partial charge is 0.322 e. The molecule has 1 aromatic carbocycles. The van der Waals surface area contributed by atoms with Crippen LogP contribution in [-0.4, -0.2) is 28.2 Å². The lowest BCUT2D eigenvalue weighted by Crippen LogP contribution is -2.34. The SMILES string of the molecule is C.CCN(Cc1ccncc1)C(=O)Nc1ccc(C(C)=O)cc1. The Kier molecular flexibility index (Phi) is 6.93. The van der Waals surface area contributed by atoms with E-state index < -0.39 is 0 Å². The van der Waals surface area contributed by atoms with E-state index in [1.54, 1.807) is 41.6 Å². The van der Waals surface area contributed by atoms with E-state index in [9.17, 15) is 9.59 Å². The quantitative estimate of drug-likeness (QED) is 0.849. The minimum Gasteiger partial charge on any atom is -0.320 e. The zero-order chi connectivity index (χ0) is 15.9. The van der Waals surface area contributed by atoms with Crippen molar-refractivity contribution in [2.45, 2.75) is 27.8 Å². The molecular weight excluding hydrogens is 290 g/mol. The standard InChI is InChI=1S/C17H19N3O2.CH4/c1-3-20(12-14-8-10-18-11-9-14)17(22)19-16-6-4-15(5-7-16)13(2)21;/h4-11H,3,12H2,1-2H3,(H,19,22);1H4. The van der Waals surface area contributed by atoms with Gasteiger partial charge in [0.25, 0.3) is 0 Å². The smallest absolute Gasteiger partial charge is 0.320 e. The molecule has 0 saturated carbocycles. The van der Waals surface area contributed by atoms with E-state index in [2.05, 4.69) is 10.3 Å². The van der Waals surface area contributed by atoms with Crippen LogP contribution in [0.1, 0.15) is 37.2 Å². The number of carbonyl (C=O) groups is 2. The molecule has 0 saturated heterocycles. The molecule has 0 atom stereocenters. The van der Waals surface area contributed by atoms with Crippen molar-refractivity contribution in [3.8, 4) is 0 Å². The molecule has 5 nitrogen and oxygen atoms in total. The normalized spacial score (nSPS) is 9.65. The van der Waals surface area contributed by atoms with Gasteiger partial charge in [0.1, 0.15) is 0 Å². The first-order chi connectivity index (χ1) is 10.6. The number of pyridine rings is 1. The maximum atomic E-state index is 12.3. The van der Waals surface area contributed by atoms with Gasteiger partial charge in [0, 0.05) is 36.7 Å². The molecule has 0 aliphatic heterocycles. The number of rotatable bonds is 5. The van der Waals surface area contributed by atoms with E-state index in [-0.39, 0.29) is 19.2 Å². The second-order valence-corrected chi connectivity index (χ2v) is 4.93. The summed E-state index contributed by atoms with van der Waals surface area (Å²) in [6.07, 6.45) is 3.42. The lowest BCUT2D eigenvalue weighted by molar-refractivity contribution is 0.101. The van der Waals surface area contributed by atoms with Crippen LogP contribution in [0.3, 0.4) is 0 Å². The van der Waals surface area contributed by atoms with Gasteiger partial charge in [-0.1, -0.05) is 7.43 Å². The molecule has 0 fully saturated rings. The van der Waals surface area contributed by atoms with Crippen LogP contribution in [0.5, 0.6) is 0 Å². The zero-order valence-electron chi connectivity index (χ0n) is 12.7. The van der Waals surface area contributed by atoms with Crippen molar-refractivity contribution in [2.24, 2.45) is 0 Å². The monoisotopic (exact) mass is 313 g/mol. The Morgan fingerprint density at radius 3 is 2.22 bits per heavy atom. The first kappa shape index (κ1) is 18.4. The van der Waals surface area contributed by atoms with Gasteiger partial charge < -0.3 is 10.2 Å². The van der Waals surface area contributed by atoms with Crippen LogP contribution in [0.15, 0.2) is 48.8 Å². The average Bonchev–Trinajstić information content (AvgIpc) is 2.54. The Morgan fingerprint density at radius 1 is 1.09 bits per heavy atom. The van der Waals surface area contributed by atoms with E-state index >= 15 is 0 Å². The molecule has 2 aromatic rings. The van der Waals surface area contributed by atoms with E-state index in [1.807, 2.05) is 19.1 Å². The summed E-state index contributed by atoms with van der Waals surface area (Å²) in [5.41, 5.74) is 2.32. The third kappa shape index (κ3) is 5.21. The predicted molar refractivity (Wildman–Crippen MR) is 92.5 cm³/mol. The van der Waals surface area contributed by atoms with Crippen molar-refractivity contribution >= 4 is 17.5 Å². The molecular formula is C18H23N3O2. The summed E-state index contributed by atoms with van der Waals surface area (Å²) in [7, 11) is 0. The number of benzene rings is 1. The average molecular weight is 313 g/mol. The van der Waals surface area contributed by atoms with E-state index in [1.165, 1.54) is 6.92 Å². The van der Waals surface area contributed by atoms with Gasteiger partial charge in [-0.3, -0.25) is 9.78 Å². The van der Waals surface area contributed by atoms with Crippen molar-refractivity contribution in [3.05, 3.63) is 59.9 Å². The highest BCUT2D eigenvalue weighted by atomic mass is 16.2. The third-order valence-electron chi connectivity index (χ3n) is 3.33. The number of amides is 2. The fourth-order valence-corrected chi connectivity index (χ4v) is 2.03. The maximum Gasteiger partial charge on any atom is 0.322 e. The highest BCUT2D eigenvalue weighted by molar-refractivity contribution is 5.95. The molecule has 0 aliphatic rings. The Bertz CT molecular complexity index is 639. The Balaban J connectivity index is 0.00000264. The molecule has 1 aromatic heterocycles. The van der Waals surface area contributed by atoms with Crippen LogP contribution >= 0.6 is 0 Å². The number of ketones is 1. The van der Waals surface area contributed by atoms with Crippen LogP contribution < -0.4 is 5.32 Å². The summed E-state index contributed by atoms with van der Waals surface area (Å²) in [5, 5.41) is 2.84. The van der Waals surface area contributed by atoms with Crippen LogP contribution in [0.4, 0.5) is 10.5 Å². The lowest BCUT2D eigenvalue weighted by atomic mass is 10.1. The summed E-state index contributed by atoms with van der Waals surface area (Å²) < 4.78 is 0. The number of urea groups is 1. The number of Topliss-reactive ketones (excluding diaryl/α,β-unsaturated/α-hetero) is 1. The molecule has 1 N–H and O–H groups in total. The molecule has 122 valence electrons. The molecule has 2 amide bonds. The lowest BCUT2D eigenvalue weighted by Gasteiger charge is -2.21. The van der Waals surface area contributed by atoms with Crippen molar-refractivity contribution < 1.29 is 9.59 Å². The number of carbonyl (C=O) groups excluding carboxylic acids is 2. The highest BCUT2D eigenvalue weighted by Gasteiger charge is 2.12. The number of nitrogens with one attached hydrogen (secondary N) is 1. The van der Waals surface area contributed by atoms with Crippen LogP contribution in [0.2, 0.25) is 0 Å². The van der Waals surface area contributed by atoms with Crippen LogP contribution in [-0.2, 0) is 6.54 Å². The van der Waals surface area contributed by atoms with E-state index in [0.717, 1.165) is 5.56 Å². The molecule has 0 unspecified atom stereocenters. The summed E-state index contributed by atoms with van der Waals surface area (Å²) in [4.78, 5) is 29.2. The minimum absolute atomic E-state index is 0. The molecule has 5 heteroatoms. The summed E-state index contributed by atoms with van der Waals surface area (Å²) in [5.74, 6) is 0.00532. The minimum atomic E-state index is -0.171. The first-order valence-electron chi connectivity index (χ1n) is 7.16. The third-order valence-corrected chi connectivity index (χ3v) is 3.33. The van der Waals surface area contributed by atoms with Gasteiger partial charge in [-0.25, -0.2) is 4.79 Å². The van der Waals surface area contributed by atoms with Crippen molar-refractivity contribution in [1.29, 1.82) is 0 Å². The number of anilines is 1. The fraction of sp³-hybridized carbons (Fsp3) is 0.278. The number of hydrogen-bond acceptors (Lipinski definition) is 3. The summed E-state index contributed by atoms with van der Waals surface area (Å²) in [6.45, 7) is 4.57. The second kappa shape index (κ2) is 8.68. The topological polar surface area (TPSA) is 62.3 Å². The second-order valence-electron chi connectivity index (χ2n) is 4.93. The van der Waals surface area contributed by atoms with Crippen molar-refractivity contribution in [3.63, 3.8) is 0 Å². The van der Waals surface area contributed by atoms with Gasteiger partial charge in [-0.2, -0.15) is 0 Å². The van der Waals surface area contributed by atoms with Crippen molar-refractivity contribution in [2.75, 3.05) is 11.9 Å². The first-order valence-corrected chi connectivity index (χ1v) is 7.16. The Morgan fingerprint density at radius 2 is 1.70 bits per heavy atom. The van der Waals surface area contributed by atoms with Gasteiger partial charge in [0.15, 0.2) is 5.78 Å². The van der Waals surface area contributed by atoms with E-state index in [4.69, 9.17) is 0 Å². The maximum absolute atomic E-state index is 12.3. The van der Waals surface area contributed by atoms with Gasteiger partial charge >= 0.3 is 6.03 Å². The van der Waals surface area contributed by atoms with Gasteiger partial charge in [0.2, 0.25) is 0 Å². The highest BCUT2D eigenvalue weighted by Crippen LogP contribution is 2.12. The molecule has 0 bridgehead atoms. The molecule has 0 spiro atoms. The van der Waals surface area contributed by atoms with Crippen molar-refractivity contribution in [1.82, 2.24) is 9.88 Å². The van der Waals surface area contributed by atoms with Gasteiger partial charge in [0.05, 0.1) is 0 Å². The van der Waals surface area contributed by atoms with Gasteiger partial charge in [-0.05, 0) is 55.8 Å². The van der Waals surface area contributed by atoms with Crippen LogP contribution in [0, 0.1) is 0 Å². The predicted octanol–water partition coefficient (Wildman–Crippen LogP) is 3.97. The molecule has 0 radical (unpaired) electrons. The Hall–Kier alpha value is -2.69. The Labute approximate surface area is 137 Å². The zero-order valence-corrected chi connectivity index (χ0v) is 12.7. The van der Waals surface area contributed by atoms with E-state index in [0.29, 0.717) is 24.3 Å². The number of hydrogen-bond donors (Lipinski definition) is 1.